The second kappa shape index (κ2) is 52.4. The molecule has 0 spiro atoms. The third-order valence-electron chi connectivity index (χ3n) is 19.5. The molecule has 616 valence electrons. The van der Waals surface area contributed by atoms with Crippen LogP contribution in [-0.2, 0) is 84.6 Å². The number of guanidine groups is 1. The number of carbonyl (C=O) groups is 13. The van der Waals surface area contributed by atoms with Gasteiger partial charge >= 0.3 is 0 Å². The molecule has 0 radical (unpaired) electrons. The molecule has 2 aliphatic heterocycles. The number of benzene rings is 2. The number of fused-ring (bicyclic) bond motifs is 2. The number of carbonyl (C=O) groups excluding carboxylic acids is 13. The summed E-state index contributed by atoms with van der Waals surface area (Å²) in [6, 6.07) is 5.02. The predicted octanol–water partition coefficient (Wildman–Crippen LogP) is 1.73. The van der Waals surface area contributed by atoms with Crippen molar-refractivity contribution in [1.29, 1.82) is 5.41 Å². The van der Waals surface area contributed by atoms with Gasteiger partial charge < -0.3 is 100 Å². The van der Waals surface area contributed by atoms with Gasteiger partial charge in [-0.05, 0) is 75.0 Å². The number of rotatable bonds is 45. The van der Waals surface area contributed by atoms with E-state index in [0.717, 1.165) is 35.1 Å². The Labute approximate surface area is 650 Å². The Balaban J connectivity index is 1.21. The van der Waals surface area contributed by atoms with E-state index in [1.807, 2.05) is 25.1 Å². The molecule has 13 amide bonds. The number of aromatic nitrogens is 1. The number of hydrogen-bond acceptors (Lipinski definition) is 17. The summed E-state index contributed by atoms with van der Waals surface area (Å²) >= 11 is 0. The fraction of sp³-hybridized carbons (Fsp3) is 0.641. The van der Waals surface area contributed by atoms with Crippen LogP contribution in [-0.4, -0.2) is 211 Å². The number of hydrogen-bond donors (Lipinski definition) is 17. The van der Waals surface area contributed by atoms with E-state index in [4.69, 9.17) is 32.1 Å². The quantitative estimate of drug-likeness (QED) is 0.0218. The SMILES string of the molecule is CCCCCCCCCCCCCCCCC(=O)NCC(=O)N[C@@H](CCC(N)=O)C(=O)NCCOCCOCC(=O)N[C@@H](CCCC)C(=O)N[C@H]1CCC(=O)NCCCC[C@@H](C(N)=O)NC(=O)[C@H](Cc2c[nH]c3ccccc23)NC(=O)[C@H](CCCNC(=N)N)NC(=O)C(Cc2ccccc2)NC(=O)[C@@H]2C[C@@H](O)CN2C1=O. The number of amides is 13. The van der Waals surface area contributed by atoms with Crippen molar-refractivity contribution in [1.82, 2.24) is 68.4 Å². The van der Waals surface area contributed by atoms with Gasteiger partial charge in [-0.2, -0.15) is 0 Å². The Morgan fingerprint density at radius 2 is 1.22 bits per heavy atom. The molecule has 1 unspecified atom stereocenters. The lowest BCUT2D eigenvalue weighted by atomic mass is 10.0. The first kappa shape index (κ1) is 91.8. The number of para-hydroxylation sites is 1. The van der Waals surface area contributed by atoms with Gasteiger partial charge in [-0.3, -0.25) is 67.7 Å². The average molecular weight is 1550 g/mol. The minimum Gasteiger partial charge on any atom is -0.391 e. The summed E-state index contributed by atoms with van der Waals surface area (Å²) < 4.78 is 11.1. The van der Waals surface area contributed by atoms with E-state index in [1.54, 1.807) is 42.6 Å². The number of nitrogens with one attached hydrogen (secondary N) is 13. The second-order valence-corrected chi connectivity index (χ2v) is 28.7. The number of unbranched alkanes of at least 4 members (excludes halogenated alkanes) is 14. The zero-order valence-electron chi connectivity index (χ0n) is 64.8. The van der Waals surface area contributed by atoms with E-state index >= 15 is 4.79 Å². The van der Waals surface area contributed by atoms with Crippen LogP contribution in [0.25, 0.3) is 10.9 Å². The maximum Gasteiger partial charge on any atom is 0.246 e. The summed E-state index contributed by atoms with van der Waals surface area (Å²) in [4.78, 5) is 183. The Kier molecular flexibility index (Phi) is 43.4. The number of aromatic amines is 1. The van der Waals surface area contributed by atoms with Crippen molar-refractivity contribution >= 4 is 93.7 Å². The van der Waals surface area contributed by atoms with Gasteiger partial charge in [0.25, 0.3) is 0 Å². The van der Waals surface area contributed by atoms with Crippen LogP contribution in [0.1, 0.15) is 205 Å². The molecule has 2 fully saturated rings. The van der Waals surface area contributed by atoms with Crippen LogP contribution in [0.4, 0.5) is 0 Å². The summed E-state index contributed by atoms with van der Waals surface area (Å²) in [7, 11) is 0. The number of primary amides is 2. The molecule has 9 atom stereocenters. The molecule has 1 aromatic heterocycles. The zero-order chi connectivity index (χ0) is 80.7. The smallest absolute Gasteiger partial charge is 0.246 e. The standard InChI is InChI=1S/C78H123N17O16/c1-3-5-7-8-9-10-11-12-13-14-15-16-17-21-34-66(98)87-49-68(100)88-60(35-37-65(79)97)71(103)84-41-42-110-43-44-111-51-69(101)89-58(30-6-4-2)72(104)92-61-36-38-67(99)83-39-25-24-32-57(70(80)102)90-75(107)63(46-53-48-86-56-31-23-22-29-55(53)56)93-73(105)59(33-26-40-85-78(81)82)91-74(106)62(45-52-27-19-18-20-28-52)94-76(108)64-47-54(96)50-95(64)77(61)109/h18-20,22-23,27-29,31,48,54,57-64,86,96H,3-17,21,24-26,30,32-47,49-51H2,1-2H3,(H2,79,97)(H2,80,102)(H,83,99)(H,84,103)(H,87,98)(H,88,100)(H,89,101)(H,90,107)(H,91,106)(H,92,104)(H,93,105)(H,94,108)(H4,81,82,85)/t54-,57+,58+,59+,60+,61+,62?,63+,64+/m1/s1. The van der Waals surface area contributed by atoms with Crippen LogP contribution in [0.3, 0.4) is 0 Å². The fourth-order valence-corrected chi connectivity index (χ4v) is 13.3. The fourth-order valence-electron chi connectivity index (χ4n) is 13.3. The molecular weight excluding hydrogens is 1430 g/mol. The number of aliphatic hydroxyl groups excluding tert-OH is 1. The number of aliphatic hydroxyl groups is 1. The summed E-state index contributed by atoms with van der Waals surface area (Å²) in [6.45, 7) is 2.73. The lowest BCUT2D eigenvalue weighted by Crippen LogP contribution is -2.60. The third-order valence-corrected chi connectivity index (χ3v) is 19.5. The van der Waals surface area contributed by atoms with Crippen molar-refractivity contribution in [2.75, 3.05) is 59.2 Å². The van der Waals surface area contributed by atoms with Crippen LogP contribution >= 0.6 is 0 Å². The minimum atomic E-state index is -1.54. The van der Waals surface area contributed by atoms with Crippen molar-refractivity contribution < 1.29 is 76.9 Å². The molecule has 2 aromatic carbocycles. The van der Waals surface area contributed by atoms with Gasteiger partial charge in [0, 0.05) is 81.8 Å². The van der Waals surface area contributed by atoms with Gasteiger partial charge in [0.2, 0.25) is 76.8 Å². The van der Waals surface area contributed by atoms with E-state index in [1.165, 1.54) is 64.2 Å². The van der Waals surface area contributed by atoms with Crippen molar-refractivity contribution in [3.63, 3.8) is 0 Å². The van der Waals surface area contributed by atoms with E-state index in [2.05, 4.69) is 70.4 Å². The van der Waals surface area contributed by atoms with Crippen molar-refractivity contribution in [3.05, 3.63) is 71.9 Å². The largest absolute Gasteiger partial charge is 0.391 e. The summed E-state index contributed by atoms with van der Waals surface area (Å²) in [5, 5.41) is 49.3. The number of ether oxygens (including phenoxy) is 2. The lowest BCUT2D eigenvalue weighted by Gasteiger charge is -2.31. The molecule has 33 nitrogen and oxygen atoms in total. The Hall–Kier alpha value is -9.76. The molecule has 0 bridgehead atoms. The van der Waals surface area contributed by atoms with Crippen molar-refractivity contribution in [2.24, 2.45) is 17.2 Å². The zero-order valence-corrected chi connectivity index (χ0v) is 64.8. The highest BCUT2D eigenvalue weighted by Crippen LogP contribution is 2.24. The number of H-pyrrole nitrogens is 1. The number of nitrogens with two attached hydrogens (primary N) is 3. The first-order valence-corrected chi connectivity index (χ1v) is 39.8. The van der Waals surface area contributed by atoms with E-state index in [9.17, 15) is 62.6 Å². The topological polar surface area (TPSA) is 514 Å². The van der Waals surface area contributed by atoms with Crippen molar-refractivity contribution in [2.45, 2.75) is 261 Å². The highest BCUT2D eigenvalue weighted by molar-refractivity contribution is 5.99. The predicted molar refractivity (Wildman–Crippen MR) is 417 cm³/mol. The van der Waals surface area contributed by atoms with Crippen LogP contribution in [0.2, 0.25) is 0 Å². The highest BCUT2D eigenvalue weighted by Gasteiger charge is 2.44. The molecular formula is C78H123N17O16. The summed E-state index contributed by atoms with van der Waals surface area (Å²) in [5.41, 5.74) is 18.7. The number of nitrogens with zero attached hydrogens (tertiary/aromatic N) is 1. The summed E-state index contributed by atoms with van der Waals surface area (Å²) in [5.74, 6) is -9.74. The lowest BCUT2D eigenvalue weighted by molar-refractivity contribution is -0.143. The van der Waals surface area contributed by atoms with Gasteiger partial charge in [0.1, 0.15) is 54.9 Å². The van der Waals surface area contributed by atoms with E-state index in [-0.39, 0.29) is 148 Å². The Morgan fingerprint density at radius 3 is 1.90 bits per heavy atom. The van der Waals surface area contributed by atoms with Crippen LogP contribution in [0.5, 0.6) is 0 Å². The monoisotopic (exact) mass is 1550 g/mol. The molecule has 111 heavy (non-hydrogen) atoms. The maximum absolute atomic E-state index is 15.0. The molecule has 0 aliphatic carbocycles. The van der Waals surface area contributed by atoms with Crippen LogP contribution in [0, 0.1) is 5.41 Å². The third kappa shape index (κ3) is 36.3. The Bertz CT molecular complexity index is 3450. The Morgan fingerprint density at radius 1 is 0.604 bits per heavy atom. The van der Waals surface area contributed by atoms with E-state index < -0.39 is 138 Å². The first-order valence-electron chi connectivity index (χ1n) is 39.8. The van der Waals surface area contributed by atoms with Gasteiger partial charge in [-0.15, -0.1) is 0 Å². The van der Waals surface area contributed by atoms with Crippen LogP contribution < -0.4 is 75.7 Å². The molecule has 3 heterocycles. The molecule has 2 saturated heterocycles. The highest BCUT2D eigenvalue weighted by atomic mass is 16.5. The van der Waals surface area contributed by atoms with E-state index in [0.29, 0.717) is 30.4 Å². The molecule has 33 heteroatoms. The first-order chi connectivity index (χ1) is 53.5. The molecule has 20 N–H and O–H groups in total. The molecule has 5 rings (SSSR count). The maximum atomic E-state index is 15.0. The molecule has 3 aromatic rings. The van der Waals surface area contributed by atoms with Gasteiger partial charge in [-0.25, -0.2) is 0 Å². The second-order valence-electron chi connectivity index (χ2n) is 28.7. The summed E-state index contributed by atoms with van der Waals surface area (Å²) in [6.07, 6.45) is 17.4. The average Bonchev–Trinajstić information content (AvgIpc) is 1.70. The normalized spacial score (nSPS) is 19.6. The van der Waals surface area contributed by atoms with Gasteiger partial charge in [-0.1, -0.05) is 159 Å². The van der Waals surface area contributed by atoms with Gasteiger partial charge in [0.05, 0.1) is 32.5 Å². The minimum absolute atomic E-state index is 0.0190. The van der Waals surface area contributed by atoms with Gasteiger partial charge in [0.15, 0.2) is 5.96 Å². The van der Waals surface area contributed by atoms with Crippen molar-refractivity contribution in [3.8, 4) is 0 Å². The van der Waals surface area contributed by atoms with Crippen LogP contribution in [0.15, 0.2) is 60.8 Å². The molecule has 0 saturated carbocycles. The molecule has 2 aliphatic rings.